The van der Waals surface area contributed by atoms with Crippen LogP contribution in [0.2, 0.25) is 5.02 Å². The van der Waals surface area contributed by atoms with Crippen LogP contribution in [0.5, 0.6) is 5.75 Å². The van der Waals surface area contributed by atoms with Crippen LogP contribution in [0.15, 0.2) is 47.4 Å². The van der Waals surface area contributed by atoms with Crippen molar-refractivity contribution in [3.63, 3.8) is 0 Å². The minimum atomic E-state index is -3.89. The highest BCUT2D eigenvalue weighted by atomic mass is 35.5. The maximum absolute atomic E-state index is 12.7. The summed E-state index contributed by atoms with van der Waals surface area (Å²) in [7, 11) is -3.89. The Hall–Kier alpha value is -1.79. The molecule has 0 aliphatic carbocycles. The molecule has 2 N–H and O–H groups in total. The fourth-order valence-corrected chi connectivity index (χ4v) is 2.65. The van der Waals surface area contributed by atoms with Crippen molar-refractivity contribution < 1.29 is 17.9 Å². The van der Waals surface area contributed by atoms with E-state index in [9.17, 15) is 17.9 Å². The Kier molecular flexibility index (Phi) is 3.64. The fraction of sp³-hybridized carbons (Fsp3) is 0. The molecule has 0 bridgehead atoms. The van der Waals surface area contributed by atoms with Crippen molar-refractivity contribution in [3.05, 3.63) is 53.3 Å². The molecule has 0 spiro atoms. The zero-order chi connectivity index (χ0) is 14.0. The molecular weight excluding hydrogens is 293 g/mol. The number of sulfonamides is 1. The van der Waals surface area contributed by atoms with Crippen molar-refractivity contribution >= 4 is 27.3 Å². The van der Waals surface area contributed by atoms with E-state index in [2.05, 4.69) is 4.72 Å². The van der Waals surface area contributed by atoms with Crippen molar-refractivity contribution in [1.29, 1.82) is 0 Å². The third kappa shape index (κ3) is 3.15. The number of anilines is 1. The number of rotatable bonds is 3. The van der Waals surface area contributed by atoms with E-state index in [0.717, 1.165) is 24.3 Å². The number of halogens is 2. The molecule has 0 amide bonds. The van der Waals surface area contributed by atoms with Crippen molar-refractivity contribution in [2.24, 2.45) is 0 Å². The first-order valence-corrected chi connectivity index (χ1v) is 7.01. The molecule has 2 aromatic rings. The molecule has 0 heterocycles. The summed E-state index contributed by atoms with van der Waals surface area (Å²) in [6.07, 6.45) is 0. The van der Waals surface area contributed by atoms with Crippen LogP contribution >= 0.6 is 11.6 Å². The van der Waals surface area contributed by atoms with Gasteiger partial charge in [-0.1, -0.05) is 11.6 Å². The minimum Gasteiger partial charge on any atom is -0.506 e. The van der Waals surface area contributed by atoms with Gasteiger partial charge < -0.3 is 5.11 Å². The van der Waals surface area contributed by atoms with Crippen LogP contribution in [0.1, 0.15) is 0 Å². The highest BCUT2D eigenvalue weighted by Gasteiger charge is 2.16. The lowest BCUT2D eigenvalue weighted by atomic mass is 10.3. The van der Waals surface area contributed by atoms with Gasteiger partial charge in [0.05, 0.1) is 10.6 Å². The van der Waals surface area contributed by atoms with E-state index in [1.54, 1.807) is 0 Å². The monoisotopic (exact) mass is 301 g/mol. The van der Waals surface area contributed by atoms with Crippen LogP contribution in [0.3, 0.4) is 0 Å². The Morgan fingerprint density at radius 1 is 1.11 bits per heavy atom. The maximum Gasteiger partial charge on any atom is 0.262 e. The number of nitrogens with one attached hydrogen (secondary N) is 1. The summed E-state index contributed by atoms with van der Waals surface area (Å²) < 4.78 is 38.9. The molecule has 0 aliphatic rings. The Labute approximate surface area is 114 Å². The molecule has 0 aliphatic heterocycles. The fourth-order valence-electron chi connectivity index (χ4n) is 1.41. The Bertz CT molecular complexity index is 701. The molecule has 0 unspecified atom stereocenters. The van der Waals surface area contributed by atoms with Crippen LogP contribution < -0.4 is 4.72 Å². The topological polar surface area (TPSA) is 66.4 Å². The number of phenolic OH excluding ortho intramolecular Hbond substituents is 1. The molecule has 2 aromatic carbocycles. The molecule has 0 aromatic heterocycles. The summed E-state index contributed by atoms with van der Waals surface area (Å²) >= 11 is 5.64. The predicted octanol–water partition coefficient (Wildman–Crippen LogP) is 2.99. The number of aromatic hydroxyl groups is 1. The molecule has 7 heteroatoms. The predicted molar refractivity (Wildman–Crippen MR) is 70.3 cm³/mol. The summed E-state index contributed by atoms with van der Waals surface area (Å²) in [4.78, 5) is -0.108. The smallest absolute Gasteiger partial charge is 0.262 e. The number of hydrogen-bond acceptors (Lipinski definition) is 3. The van der Waals surface area contributed by atoms with Gasteiger partial charge >= 0.3 is 0 Å². The summed E-state index contributed by atoms with van der Waals surface area (Å²) in [5.41, 5.74) is -0.00581. The first-order valence-electron chi connectivity index (χ1n) is 5.15. The van der Waals surface area contributed by atoms with Gasteiger partial charge in [-0.25, -0.2) is 12.8 Å². The SMILES string of the molecule is O=S(=O)(Nc1ccc(Cl)cc1O)c1ccc(F)cc1. The minimum absolute atomic E-state index is 0.00581. The second-order valence-electron chi connectivity index (χ2n) is 3.72. The summed E-state index contributed by atoms with van der Waals surface area (Å²) in [5, 5.41) is 9.85. The van der Waals surface area contributed by atoms with Gasteiger partial charge in [-0.3, -0.25) is 4.72 Å². The van der Waals surface area contributed by atoms with Crippen LogP contribution in [0.25, 0.3) is 0 Å². The maximum atomic E-state index is 12.7. The zero-order valence-electron chi connectivity index (χ0n) is 9.47. The van der Waals surface area contributed by atoms with Crippen LogP contribution in [0, 0.1) is 5.82 Å². The number of phenols is 1. The van der Waals surface area contributed by atoms with Gasteiger partial charge in [-0.05, 0) is 36.4 Å². The van der Waals surface area contributed by atoms with Crippen molar-refractivity contribution in [1.82, 2.24) is 0 Å². The van der Waals surface area contributed by atoms with Crippen molar-refractivity contribution in [2.45, 2.75) is 4.90 Å². The average molecular weight is 302 g/mol. The standard InChI is InChI=1S/C12H9ClFNO3S/c13-8-1-6-11(12(16)7-8)15-19(17,18)10-4-2-9(14)3-5-10/h1-7,15-16H. The molecule has 100 valence electrons. The molecule has 0 fully saturated rings. The first-order chi connectivity index (χ1) is 8.88. The van der Waals surface area contributed by atoms with Gasteiger partial charge in [0.25, 0.3) is 10.0 Å². The van der Waals surface area contributed by atoms with Gasteiger partial charge in [0.15, 0.2) is 0 Å². The van der Waals surface area contributed by atoms with E-state index in [-0.39, 0.29) is 21.4 Å². The molecule has 2 rings (SSSR count). The molecule has 19 heavy (non-hydrogen) atoms. The second kappa shape index (κ2) is 5.07. The summed E-state index contributed by atoms with van der Waals surface area (Å²) in [6, 6.07) is 8.31. The number of benzene rings is 2. The van der Waals surface area contributed by atoms with E-state index < -0.39 is 15.8 Å². The number of hydrogen-bond donors (Lipinski definition) is 2. The van der Waals surface area contributed by atoms with E-state index in [1.807, 2.05) is 0 Å². The largest absolute Gasteiger partial charge is 0.506 e. The molecule has 0 radical (unpaired) electrons. The van der Waals surface area contributed by atoms with Gasteiger partial charge in [0, 0.05) is 11.1 Å². The zero-order valence-corrected chi connectivity index (χ0v) is 11.0. The average Bonchev–Trinajstić information content (AvgIpc) is 2.33. The molecule has 0 saturated carbocycles. The van der Waals surface area contributed by atoms with Gasteiger partial charge in [0.2, 0.25) is 0 Å². The molecular formula is C12H9ClFNO3S. The Morgan fingerprint density at radius 3 is 2.32 bits per heavy atom. The Balaban J connectivity index is 2.33. The second-order valence-corrected chi connectivity index (χ2v) is 5.84. The third-order valence-corrected chi connectivity index (χ3v) is 3.94. The molecule has 4 nitrogen and oxygen atoms in total. The van der Waals surface area contributed by atoms with Gasteiger partial charge in [-0.2, -0.15) is 0 Å². The van der Waals surface area contributed by atoms with Crippen LogP contribution in [-0.4, -0.2) is 13.5 Å². The van der Waals surface area contributed by atoms with E-state index >= 15 is 0 Å². The van der Waals surface area contributed by atoms with Crippen molar-refractivity contribution in [3.8, 4) is 5.75 Å². The normalized spacial score (nSPS) is 11.3. The van der Waals surface area contributed by atoms with Crippen LogP contribution in [0.4, 0.5) is 10.1 Å². The summed E-state index contributed by atoms with van der Waals surface area (Å²) in [6.45, 7) is 0. The lowest BCUT2D eigenvalue weighted by molar-refractivity contribution is 0.477. The van der Waals surface area contributed by atoms with Crippen molar-refractivity contribution in [2.75, 3.05) is 4.72 Å². The molecule has 0 atom stereocenters. The lowest BCUT2D eigenvalue weighted by Gasteiger charge is -2.09. The van der Waals surface area contributed by atoms with E-state index in [0.29, 0.717) is 0 Å². The third-order valence-electron chi connectivity index (χ3n) is 2.33. The van der Waals surface area contributed by atoms with Gasteiger partial charge in [-0.15, -0.1) is 0 Å². The van der Waals surface area contributed by atoms with Crippen LogP contribution in [-0.2, 0) is 10.0 Å². The Morgan fingerprint density at radius 2 is 1.74 bits per heavy atom. The summed E-state index contributed by atoms with van der Waals surface area (Å²) in [5.74, 6) is -0.827. The van der Waals surface area contributed by atoms with Gasteiger partial charge in [0.1, 0.15) is 11.6 Å². The molecule has 0 saturated heterocycles. The highest BCUT2D eigenvalue weighted by Crippen LogP contribution is 2.28. The van der Waals surface area contributed by atoms with E-state index in [1.165, 1.54) is 18.2 Å². The quantitative estimate of drug-likeness (QED) is 0.857. The van der Waals surface area contributed by atoms with E-state index in [4.69, 9.17) is 11.6 Å². The lowest BCUT2D eigenvalue weighted by Crippen LogP contribution is -2.13. The highest BCUT2D eigenvalue weighted by molar-refractivity contribution is 7.92. The first kappa shape index (κ1) is 13.6.